The van der Waals surface area contributed by atoms with Crippen molar-refractivity contribution in [2.24, 2.45) is 0 Å². The molecule has 0 aromatic carbocycles. The zero-order valence-electron chi connectivity index (χ0n) is 9.45. The highest BCUT2D eigenvalue weighted by Gasteiger charge is 2.27. The fourth-order valence-electron chi connectivity index (χ4n) is 2.27. The standard InChI is InChI=1S/C11H20N2O3/c14-8-6-10(13-7-8)11(15)12-4-3-9-2-1-5-16-9/h8-10,13-14H,1-7H2,(H,12,15). The number of aliphatic hydroxyl groups is 1. The van der Waals surface area contributed by atoms with Crippen LogP contribution in [0.25, 0.3) is 0 Å². The van der Waals surface area contributed by atoms with E-state index in [1.54, 1.807) is 0 Å². The van der Waals surface area contributed by atoms with Crippen LogP contribution in [0.2, 0.25) is 0 Å². The molecule has 16 heavy (non-hydrogen) atoms. The third-order valence-electron chi connectivity index (χ3n) is 3.21. The molecule has 0 saturated carbocycles. The quantitative estimate of drug-likeness (QED) is 0.600. The van der Waals surface area contributed by atoms with Crippen LogP contribution >= 0.6 is 0 Å². The van der Waals surface area contributed by atoms with Crippen molar-refractivity contribution in [2.45, 2.75) is 43.9 Å². The Labute approximate surface area is 95.5 Å². The highest BCUT2D eigenvalue weighted by atomic mass is 16.5. The van der Waals surface area contributed by atoms with Crippen LogP contribution < -0.4 is 10.6 Å². The Kier molecular flexibility index (Phi) is 4.15. The number of aliphatic hydroxyl groups excluding tert-OH is 1. The molecule has 2 saturated heterocycles. The molecule has 0 aliphatic carbocycles. The average molecular weight is 228 g/mol. The first kappa shape index (κ1) is 11.8. The van der Waals surface area contributed by atoms with Crippen LogP contribution in [0, 0.1) is 0 Å². The maximum absolute atomic E-state index is 11.6. The number of nitrogens with one attached hydrogen (secondary N) is 2. The Hall–Kier alpha value is -0.650. The van der Waals surface area contributed by atoms with Crippen LogP contribution in [0.15, 0.2) is 0 Å². The van der Waals surface area contributed by atoms with E-state index in [1.165, 1.54) is 0 Å². The highest BCUT2D eigenvalue weighted by Crippen LogP contribution is 2.14. The summed E-state index contributed by atoms with van der Waals surface area (Å²) in [4.78, 5) is 11.6. The number of hydrogen-bond acceptors (Lipinski definition) is 4. The molecule has 2 heterocycles. The summed E-state index contributed by atoms with van der Waals surface area (Å²) in [5, 5.41) is 15.2. The van der Waals surface area contributed by atoms with Gasteiger partial charge in [-0.05, 0) is 25.7 Å². The Balaban J connectivity index is 1.60. The molecule has 5 heteroatoms. The molecule has 0 radical (unpaired) electrons. The van der Waals surface area contributed by atoms with Crippen molar-refractivity contribution in [1.82, 2.24) is 10.6 Å². The molecule has 0 aromatic heterocycles. The van der Waals surface area contributed by atoms with Crippen molar-refractivity contribution >= 4 is 5.91 Å². The molecule has 2 rings (SSSR count). The van der Waals surface area contributed by atoms with Gasteiger partial charge in [0.1, 0.15) is 0 Å². The molecular weight excluding hydrogens is 208 g/mol. The van der Waals surface area contributed by atoms with Crippen molar-refractivity contribution in [3.63, 3.8) is 0 Å². The highest BCUT2D eigenvalue weighted by molar-refractivity contribution is 5.82. The topological polar surface area (TPSA) is 70.6 Å². The summed E-state index contributed by atoms with van der Waals surface area (Å²) in [7, 11) is 0. The predicted octanol–water partition coefficient (Wildman–Crippen LogP) is -0.605. The van der Waals surface area contributed by atoms with Gasteiger partial charge in [-0.25, -0.2) is 0 Å². The lowest BCUT2D eigenvalue weighted by Gasteiger charge is -2.13. The Morgan fingerprint density at radius 3 is 3.06 bits per heavy atom. The molecule has 92 valence electrons. The lowest BCUT2D eigenvalue weighted by molar-refractivity contribution is -0.123. The molecule has 2 aliphatic heterocycles. The number of rotatable bonds is 4. The maximum atomic E-state index is 11.6. The molecule has 3 N–H and O–H groups in total. The van der Waals surface area contributed by atoms with Gasteiger partial charge in [-0.15, -0.1) is 0 Å². The predicted molar refractivity (Wildman–Crippen MR) is 59.0 cm³/mol. The molecule has 2 fully saturated rings. The van der Waals surface area contributed by atoms with Crippen LogP contribution in [-0.2, 0) is 9.53 Å². The summed E-state index contributed by atoms with van der Waals surface area (Å²) >= 11 is 0. The molecule has 0 spiro atoms. The van der Waals surface area contributed by atoms with Gasteiger partial charge in [-0.3, -0.25) is 4.79 Å². The van der Waals surface area contributed by atoms with Crippen LogP contribution in [0.4, 0.5) is 0 Å². The summed E-state index contributed by atoms with van der Waals surface area (Å²) in [6, 6.07) is -0.223. The lowest BCUT2D eigenvalue weighted by Crippen LogP contribution is -2.41. The van der Waals surface area contributed by atoms with Crippen molar-refractivity contribution in [3.8, 4) is 0 Å². The summed E-state index contributed by atoms with van der Waals surface area (Å²) < 4.78 is 5.47. The van der Waals surface area contributed by atoms with Gasteiger partial charge >= 0.3 is 0 Å². The normalized spacial score (nSPS) is 34.2. The Bertz CT molecular complexity index is 241. The smallest absolute Gasteiger partial charge is 0.237 e. The first-order chi connectivity index (χ1) is 7.75. The number of carbonyl (C=O) groups excluding carboxylic acids is 1. The fraction of sp³-hybridized carbons (Fsp3) is 0.909. The minimum absolute atomic E-state index is 0.00505. The van der Waals surface area contributed by atoms with Gasteiger partial charge < -0.3 is 20.5 Å². The number of hydrogen-bond donors (Lipinski definition) is 3. The van der Waals surface area contributed by atoms with Crippen LogP contribution in [0.1, 0.15) is 25.7 Å². The van der Waals surface area contributed by atoms with E-state index in [-0.39, 0.29) is 18.1 Å². The third kappa shape index (κ3) is 3.17. The molecular formula is C11H20N2O3. The van der Waals surface area contributed by atoms with E-state index in [9.17, 15) is 9.90 Å². The van der Waals surface area contributed by atoms with Gasteiger partial charge in [-0.2, -0.15) is 0 Å². The van der Waals surface area contributed by atoms with Crippen molar-refractivity contribution in [1.29, 1.82) is 0 Å². The number of β-amino-alcohol motifs (C(OH)–C–C–N with tert-alkyl or cyclic N) is 1. The monoisotopic (exact) mass is 228 g/mol. The van der Waals surface area contributed by atoms with Crippen molar-refractivity contribution in [3.05, 3.63) is 0 Å². The van der Waals surface area contributed by atoms with E-state index in [0.29, 0.717) is 25.6 Å². The molecule has 0 bridgehead atoms. The summed E-state index contributed by atoms with van der Waals surface area (Å²) in [6.07, 6.45) is 3.59. The van der Waals surface area contributed by atoms with Crippen LogP contribution in [-0.4, -0.2) is 49.0 Å². The van der Waals surface area contributed by atoms with Gasteiger partial charge in [0.15, 0.2) is 0 Å². The molecule has 2 aliphatic rings. The second-order valence-electron chi connectivity index (χ2n) is 4.57. The zero-order valence-corrected chi connectivity index (χ0v) is 9.45. The average Bonchev–Trinajstić information content (AvgIpc) is 2.89. The van der Waals surface area contributed by atoms with Crippen LogP contribution in [0.3, 0.4) is 0 Å². The first-order valence-corrected chi connectivity index (χ1v) is 6.06. The van der Waals surface area contributed by atoms with Gasteiger partial charge in [-0.1, -0.05) is 0 Å². The van der Waals surface area contributed by atoms with E-state index >= 15 is 0 Å². The van der Waals surface area contributed by atoms with Crippen molar-refractivity contribution < 1.29 is 14.6 Å². The molecule has 0 aromatic rings. The van der Waals surface area contributed by atoms with E-state index in [0.717, 1.165) is 25.9 Å². The summed E-state index contributed by atoms with van der Waals surface area (Å²) in [5.74, 6) is -0.00505. The first-order valence-electron chi connectivity index (χ1n) is 6.06. The SMILES string of the molecule is O=C(NCCC1CCCO1)C1CC(O)CN1. The molecule has 3 atom stereocenters. The third-order valence-corrected chi connectivity index (χ3v) is 3.21. The second-order valence-corrected chi connectivity index (χ2v) is 4.57. The van der Waals surface area contributed by atoms with Crippen LogP contribution in [0.5, 0.6) is 0 Å². The van der Waals surface area contributed by atoms with E-state index in [2.05, 4.69) is 10.6 Å². The zero-order chi connectivity index (χ0) is 11.4. The summed E-state index contributed by atoms with van der Waals surface area (Å²) in [6.45, 7) is 2.04. The van der Waals surface area contributed by atoms with Gasteiger partial charge in [0, 0.05) is 19.7 Å². The number of carbonyl (C=O) groups is 1. The number of amides is 1. The lowest BCUT2D eigenvalue weighted by atomic mass is 10.1. The van der Waals surface area contributed by atoms with E-state index < -0.39 is 0 Å². The minimum atomic E-state index is -0.381. The Morgan fingerprint density at radius 1 is 1.56 bits per heavy atom. The van der Waals surface area contributed by atoms with Gasteiger partial charge in [0.05, 0.1) is 18.2 Å². The summed E-state index contributed by atoms with van der Waals surface area (Å²) in [5.41, 5.74) is 0. The van der Waals surface area contributed by atoms with E-state index in [4.69, 9.17) is 4.74 Å². The second kappa shape index (κ2) is 5.61. The molecule has 3 unspecified atom stereocenters. The molecule has 1 amide bonds. The molecule has 5 nitrogen and oxygen atoms in total. The largest absolute Gasteiger partial charge is 0.392 e. The fourth-order valence-corrected chi connectivity index (χ4v) is 2.27. The maximum Gasteiger partial charge on any atom is 0.237 e. The van der Waals surface area contributed by atoms with Gasteiger partial charge in [0.2, 0.25) is 5.91 Å². The number of ether oxygens (including phenoxy) is 1. The van der Waals surface area contributed by atoms with E-state index in [1.807, 2.05) is 0 Å². The van der Waals surface area contributed by atoms with Crippen molar-refractivity contribution in [2.75, 3.05) is 19.7 Å². The Morgan fingerprint density at radius 2 is 2.44 bits per heavy atom. The minimum Gasteiger partial charge on any atom is -0.392 e. The van der Waals surface area contributed by atoms with Gasteiger partial charge in [0.25, 0.3) is 0 Å².